The summed E-state index contributed by atoms with van der Waals surface area (Å²) in [6.45, 7) is 4.08. The lowest BCUT2D eigenvalue weighted by Gasteiger charge is -2.09. The fourth-order valence-corrected chi connectivity index (χ4v) is 6.60. The summed E-state index contributed by atoms with van der Waals surface area (Å²) in [7, 11) is -5.30. The van der Waals surface area contributed by atoms with Crippen molar-refractivity contribution in [3.05, 3.63) is 72.1 Å². The van der Waals surface area contributed by atoms with Crippen molar-refractivity contribution in [3.63, 3.8) is 0 Å². The van der Waals surface area contributed by atoms with Gasteiger partial charge in [0.05, 0.1) is 89.7 Å². The first-order valence-electron chi connectivity index (χ1n) is 16.6. The molecule has 0 unspecified atom stereocenters. The van der Waals surface area contributed by atoms with E-state index in [-0.39, 0.29) is 51.5 Å². The van der Waals surface area contributed by atoms with E-state index in [2.05, 4.69) is 17.5 Å². The van der Waals surface area contributed by atoms with Gasteiger partial charge in [0.2, 0.25) is 0 Å². The van der Waals surface area contributed by atoms with Crippen molar-refractivity contribution in [2.45, 2.75) is 13.1 Å². The Bertz CT molecular complexity index is 1990. The van der Waals surface area contributed by atoms with Crippen molar-refractivity contribution in [1.29, 1.82) is 0 Å². The molecule has 2 aliphatic heterocycles. The molecule has 0 saturated heterocycles. The molecule has 2 aromatic heterocycles. The van der Waals surface area contributed by atoms with E-state index < -0.39 is 20.2 Å². The SMILES string of the molecule is CN1C(=O)C2=C(C1=O)c1cn(c3ccccc13)CCOCCOCCn1cc2c2ccccc21.CS(=O)(=O)OCCOCCOCCOS(C)(=O)=O. The largest absolute Gasteiger partial charge is 0.377 e. The van der Waals surface area contributed by atoms with E-state index in [0.29, 0.717) is 50.7 Å². The molecular weight excluding hydrogens is 719 g/mol. The first-order chi connectivity index (χ1) is 24.9. The maximum absolute atomic E-state index is 13.5. The first kappa shape index (κ1) is 39.3. The molecule has 0 fully saturated rings. The second-order valence-corrected chi connectivity index (χ2v) is 15.2. The number of hydrogen-bond acceptors (Lipinski definition) is 12. The Morgan fingerprint density at radius 3 is 1.38 bits per heavy atom. The molecule has 0 spiro atoms. The number of fused-ring (bicyclic) bond motifs is 12. The maximum Gasteiger partial charge on any atom is 0.264 e. The number of carbonyl (C=O) groups is 2. The smallest absolute Gasteiger partial charge is 0.264 e. The molecule has 2 aromatic carbocycles. The molecule has 6 rings (SSSR count). The average Bonchev–Trinajstić information content (AvgIpc) is 3.71. The Labute approximate surface area is 302 Å². The van der Waals surface area contributed by atoms with Crippen LogP contribution in [-0.2, 0) is 70.2 Å². The quantitative estimate of drug-likeness (QED) is 0.125. The van der Waals surface area contributed by atoms with Gasteiger partial charge in [-0.1, -0.05) is 36.4 Å². The van der Waals surface area contributed by atoms with E-state index in [1.165, 1.54) is 4.90 Å². The molecule has 2 aliphatic rings. The van der Waals surface area contributed by atoms with Crippen LogP contribution in [0.5, 0.6) is 0 Å². The molecule has 4 aromatic rings. The zero-order valence-corrected chi connectivity index (χ0v) is 30.9. The summed E-state index contributed by atoms with van der Waals surface area (Å²) in [5, 5.41) is 1.89. The van der Waals surface area contributed by atoms with Crippen molar-refractivity contribution in [3.8, 4) is 0 Å². The minimum Gasteiger partial charge on any atom is -0.377 e. The summed E-state index contributed by atoms with van der Waals surface area (Å²) in [6.07, 6.45) is 5.88. The van der Waals surface area contributed by atoms with Gasteiger partial charge >= 0.3 is 0 Å². The molecule has 4 bridgehead atoms. The van der Waals surface area contributed by atoms with Gasteiger partial charge in [-0.15, -0.1) is 0 Å². The van der Waals surface area contributed by atoms with Crippen LogP contribution in [0.4, 0.5) is 0 Å². The third-order valence-corrected chi connectivity index (χ3v) is 9.34. The molecule has 282 valence electrons. The van der Waals surface area contributed by atoms with Gasteiger partial charge in [0.1, 0.15) is 0 Å². The van der Waals surface area contributed by atoms with Gasteiger partial charge in [-0.05, 0) is 12.1 Å². The van der Waals surface area contributed by atoms with Crippen LogP contribution in [0.25, 0.3) is 33.0 Å². The number of ether oxygens (including phenoxy) is 4. The molecule has 52 heavy (non-hydrogen) atoms. The van der Waals surface area contributed by atoms with Crippen molar-refractivity contribution in [2.24, 2.45) is 0 Å². The van der Waals surface area contributed by atoms with Gasteiger partial charge in [0.15, 0.2) is 0 Å². The number of carbonyl (C=O) groups excluding carboxylic acids is 2. The topological polar surface area (TPSA) is 171 Å². The molecule has 0 N–H and O–H groups in total. The van der Waals surface area contributed by atoms with E-state index in [4.69, 9.17) is 18.9 Å². The van der Waals surface area contributed by atoms with Crippen LogP contribution in [0.2, 0.25) is 0 Å². The number of likely N-dealkylation sites (N-methyl/N-ethyl adjacent to an activating group) is 1. The van der Waals surface area contributed by atoms with Crippen molar-refractivity contribution in [2.75, 3.05) is 85.6 Å². The second kappa shape index (κ2) is 17.7. The molecule has 0 aliphatic carbocycles. The highest BCUT2D eigenvalue weighted by molar-refractivity contribution is 7.86. The predicted molar refractivity (Wildman–Crippen MR) is 193 cm³/mol. The van der Waals surface area contributed by atoms with Gasteiger partial charge in [-0.3, -0.25) is 22.9 Å². The molecule has 17 heteroatoms. The molecule has 15 nitrogen and oxygen atoms in total. The summed E-state index contributed by atoms with van der Waals surface area (Å²) in [5.74, 6) is -0.555. The number of para-hydroxylation sites is 2. The Morgan fingerprint density at radius 2 is 0.981 bits per heavy atom. The fraction of sp³-hybridized carbons (Fsp3) is 0.429. The summed E-state index contributed by atoms with van der Waals surface area (Å²) >= 11 is 0. The van der Waals surface area contributed by atoms with Crippen LogP contribution < -0.4 is 0 Å². The van der Waals surface area contributed by atoms with Crippen molar-refractivity contribution < 1.29 is 53.7 Å². The molecule has 4 heterocycles. The number of nitrogens with zero attached hydrogens (tertiary/aromatic N) is 3. The standard InChI is InChI=1S/C27H25N3O4.C8H18O8S2/c1-28-26(31)24-20-16-29(22-8-4-2-6-18(20)22)10-12-33-14-15-34-13-11-30-17-21(25(24)27(28)32)19-7-3-5-9-23(19)30;1-17(9,10)15-7-5-13-3-4-14-6-8-16-18(2,11)12/h2-9,16-17H,10-15H2,1H3;3-8H2,1-2H3. The fourth-order valence-electron chi connectivity index (χ4n) is 5.86. The predicted octanol–water partition coefficient (Wildman–Crippen LogP) is 2.52. The zero-order valence-electron chi connectivity index (χ0n) is 29.3. The third-order valence-electron chi connectivity index (χ3n) is 8.15. The maximum atomic E-state index is 13.5. The Kier molecular flexibility index (Phi) is 13.4. The normalized spacial score (nSPS) is 16.0. The lowest BCUT2D eigenvalue weighted by molar-refractivity contribution is -0.134. The molecular formula is C35H43N3O12S2. The summed E-state index contributed by atoms with van der Waals surface area (Å²) in [6, 6.07) is 16.0. The van der Waals surface area contributed by atoms with E-state index in [9.17, 15) is 26.4 Å². The number of rotatable bonds is 11. The van der Waals surface area contributed by atoms with E-state index in [1.54, 1.807) is 7.05 Å². The zero-order chi connectivity index (χ0) is 37.3. The van der Waals surface area contributed by atoms with E-state index >= 15 is 0 Å². The van der Waals surface area contributed by atoms with Crippen LogP contribution in [0.3, 0.4) is 0 Å². The van der Waals surface area contributed by atoms with Gasteiger partial charge in [-0.2, -0.15) is 16.8 Å². The summed E-state index contributed by atoms with van der Waals surface area (Å²) < 4.78 is 76.9. The summed E-state index contributed by atoms with van der Waals surface area (Å²) in [4.78, 5) is 28.2. The van der Waals surface area contributed by atoms with Crippen LogP contribution in [0, 0.1) is 0 Å². The molecule has 0 atom stereocenters. The highest BCUT2D eigenvalue weighted by Crippen LogP contribution is 2.41. The van der Waals surface area contributed by atoms with Gasteiger partial charge in [-0.25, -0.2) is 0 Å². The Hall–Kier alpha value is -3.94. The number of aromatic nitrogens is 2. The molecule has 0 radical (unpaired) electrons. The monoisotopic (exact) mass is 761 g/mol. The van der Waals surface area contributed by atoms with Crippen molar-refractivity contribution >= 4 is 65.0 Å². The second-order valence-electron chi connectivity index (χ2n) is 11.9. The summed E-state index contributed by atoms with van der Waals surface area (Å²) in [5.41, 5.74) is 4.47. The third kappa shape index (κ3) is 10.1. The Balaban J connectivity index is 0.000000249. The Morgan fingerprint density at radius 1 is 0.596 bits per heavy atom. The lowest BCUT2D eigenvalue weighted by Crippen LogP contribution is -2.26. The van der Waals surface area contributed by atoms with Crippen LogP contribution >= 0.6 is 0 Å². The molecule has 2 amide bonds. The van der Waals surface area contributed by atoms with Crippen LogP contribution in [0.1, 0.15) is 11.1 Å². The van der Waals surface area contributed by atoms with Crippen LogP contribution in [0.15, 0.2) is 60.9 Å². The van der Waals surface area contributed by atoms with Crippen molar-refractivity contribution in [1.82, 2.24) is 14.0 Å². The minimum atomic E-state index is -3.43. The van der Waals surface area contributed by atoms with Gasteiger partial charge in [0, 0.05) is 65.5 Å². The number of imide groups is 1. The molecule has 0 saturated carbocycles. The highest BCUT2D eigenvalue weighted by atomic mass is 32.2. The van der Waals surface area contributed by atoms with Crippen LogP contribution in [-0.4, -0.2) is 128 Å². The average molecular weight is 762 g/mol. The highest BCUT2D eigenvalue weighted by Gasteiger charge is 2.39. The van der Waals surface area contributed by atoms with E-state index in [0.717, 1.165) is 45.4 Å². The number of amides is 2. The first-order valence-corrected chi connectivity index (χ1v) is 20.2. The lowest BCUT2D eigenvalue weighted by atomic mass is 9.95. The van der Waals surface area contributed by atoms with E-state index in [1.807, 2.05) is 60.9 Å². The minimum absolute atomic E-state index is 0.0456. The number of hydrogen-bond donors (Lipinski definition) is 0. The van der Waals surface area contributed by atoms with Gasteiger partial charge < -0.3 is 28.1 Å². The number of benzene rings is 2. The van der Waals surface area contributed by atoms with Gasteiger partial charge in [0.25, 0.3) is 32.1 Å².